The Labute approximate surface area is 147 Å². The molecule has 1 aromatic heterocycles. The normalized spacial score (nSPS) is 15.2. The minimum Gasteiger partial charge on any atom is -0.459 e. The molecular formula is C19H23N3O3. The fourth-order valence-corrected chi connectivity index (χ4v) is 2.83. The summed E-state index contributed by atoms with van der Waals surface area (Å²) in [6.07, 6.45) is 1.50. The summed E-state index contributed by atoms with van der Waals surface area (Å²) in [6, 6.07) is 11.5. The Morgan fingerprint density at radius 3 is 2.44 bits per heavy atom. The van der Waals surface area contributed by atoms with Gasteiger partial charge in [-0.2, -0.15) is 0 Å². The van der Waals surface area contributed by atoms with E-state index in [1.165, 1.54) is 11.8 Å². The maximum atomic E-state index is 12.2. The van der Waals surface area contributed by atoms with Crippen molar-refractivity contribution in [2.24, 2.45) is 0 Å². The Morgan fingerprint density at radius 1 is 1.08 bits per heavy atom. The van der Waals surface area contributed by atoms with Crippen molar-refractivity contribution >= 4 is 11.8 Å². The molecule has 3 rings (SSSR count). The lowest BCUT2D eigenvalue weighted by atomic mass is 10.1. The first kappa shape index (κ1) is 17.2. The van der Waals surface area contributed by atoms with E-state index in [-0.39, 0.29) is 11.8 Å². The number of benzene rings is 1. The van der Waals surface area contributed by atoms with E-state index < -0.39 is 0 Å². The Morgan fingerprint density at radius 2 is 1.80 bits per heavy atom. The average molecular weight is 341 g/mol. The van der Waals surface area contributed by atoms with Crippen LogP contribution in [0.2, 0.25) is 0 Å². The lowest BCUT2D eigenvalue weighted by molar-refractivity contribution is -0.122. The molecule has 132 valence electrons. The molecule has 25 heavy (non-hydrogen) atoms. The minimum absolute atomic E-state index is 0.00591. The molecule has 0 saturated carbocycles. The van der Waals surface area contributed by atoms with Crippen molar-refractivity contribution in [3.8, 4) is 0 Å². The van der Waals surface area contributed by atoms with Crippen LogP contribution in [-0.4, -0.2) is 54.3 Å². The van der Waals surface area contributed by atoms with Crippen molar-refractivity contribution in [1.82, 2.24) is 15.1 Å². The molecule has 2 aromatic rings. The average Bonchev–Trinajstić information content (AvgIpc) is 3.16. The van der Waals surface area contributed by atoms with Crippen LogP contribution in [0, 0.1) is 6.92 Å². The lowest BCUT2D eigenvalue weighted by Crippen LogP contribution is -2.51. The van der Waals surface area contributed by atoms with Gasteiger partial charge in [-0.05, 0) is 24.6 Å². The number of rotatable bonds is 5. The van der Waals surface area contributed by atoms with Gasteiger partial charge in [0, 0.05) is 32.7 Å². The first-order chi connectivity index (χ1) is 12.1. The van der Waals surface area contributed by atoms with Crippen LogP contribution >= 0.6 is 0 Å². The van der Waals surface area contributed by atoms with Gasteiger partial charge in [0.2, 0.25) is 5.91 Å². The molecule has 2 amide bonds. The van der Waals surface area contributed by atoms with Crippen LogP contribution < -0.4 is 5.32 Å². The molecule has 0 unspecified atom stereocenters. The third kappa shape index (κ3) is 4.70. The van der Waals surface area contributed by atoms with E-state index in [0.29, 0.717) is 45.0 Å². The highest BCUT2D eigenvalue weighted by Gasteiger charge is 2.24. The van der Waals surface area contributed by atoms with Gasteiger partial charge in [0.15, 0.2) is 5.76 Å². The first-order valence-electron chi connectivity index (χ1n) is 8.49. The highest BCUT2D eigenvalue weighted by atomic mass is 16.3. The first-order valence-corrected chi connectivity index (χ1v) is 8.49. The largest absolute Gasteiger partial charge is 0.459 e. The number of carbonyl (C=O) groups excluding carboxylic acids is 2. The van der Waals surface area contributed by atoms with Crippen LogP contribution in [0.5, 0.6) is 0 Å². The van der Waals surface area contributed by atoms with Crippen molar-refractivity contribution in [2.45, 2.75) is 13.5 Å². The molecule has 1 N–H and O–H groups in total. The number of furan rings is 1. The highest BCUT2D eigenvalue weighted by molar-refractivity contribution is 5.91. The minimum atomic E-state index is -0.0894. The van der Waals surface area contributed by atoms with E-state index in [2.05, 4.69) is 10.2 Å². The molecule has 0 spiro atoms. The Balaban J connectivity index is 1.40. The standard InChI is InChI=1S/C19H23N3O3/c1-15-4-6-16(7-5-15)13-20-18(23)14-21-8-10-22(11-9-21)19(24)17-3-2-12-25-17/h2-7,12H,8-11,13-14H2,1H3,(H,20,23). The predicted octanol–water partition coefficient (Wildman–Crippen LogP) is 1.66. The van der Waals surface area contributed by atoms with E-state index in [0.717, 1.165) is 5.56 Å². The molecular weight excluding hydrogens is 318 g/mol. The van der Waals surface area contributed by atoms with E-state index in [4.69, 9.17) is 4.42 Å². The zero-order valence-electron chi connectivity index (χ0n) is 14.4. The fourth-order valence-electron chi connectivity index (χ4n) is 2.83. The summed E-state index contributed by atoms with van der Waals surface area (Å²) in [5, 5.41) is 2.95. The molecule has 1 aromatic carbocycles. The number of hydrogen-bond acceptors (Lipinski definition) is 4. The number of aryl methyl sites for hydroxylation is 1. The van der Waals surface area contributed by atoms with Gasteiger partial charge in [-0.1, -0.05) is 29.8 Å². The van der Waals surface area contributed by atoms with Gasteiger partial charge in [0.1, 0.15) is 0 Å². The Hall–Kier alpha value is -2.60. The molecule has 0 atom stereocenters. The molecule has 1 fully saturated rings. The van der Waals surface area contributed by atoms with Crippen LogP contribution in [0.4, 0.5) is 0 Å². The summed E-state index contributed by atoms with van der Waals surface area (Å²) in [6.45, 7) is 5.51. The molecule has 6 heteroatoms. The van der Waals surface area contributed by atoms with Crippen molar-refractivity contribution in [3.05, 3.63) is 59.5 Å². The molecule has 0 bridgehead atoms. The number of nitrogens with zero attached hydrogens (tertiary/aromatic N) is 2. The highest BCUT2D eigenvalue weighted by Crippen LogP contribution is 2.09. The van der Waals surface area contributed by atoms with Crippen molar-refractivity contribution in [2.75, 3.05) is 32.7 Å². The van der Waals surface area contributed by atoms with E-state index in [1.54, 1.807) is 17.0 Å². The lowest BCUT2D eigenvalue weighted by Gasteiger charge is -2.33. The van der Waals surface area contributed by atoms with Crippen molar-refractivity contribution in [1.29, 1.82) is 0 Å². The SMILES string of the molecule is Cc1ccc(CNC(=O)CN2CCN(C(=O)c3ccco3)CC2)cc1. The number of amides is 2. The second-order valence-electron chi connectivity index (χ2n) is 6.31. The summed E-state index contributed by atoms with van der Waals surface area (Å²) >= 11 is 0. The number of piperazine rings is 1. The zero-order chi connectivity index (χ0) is 17.6. The van der Waals surface area contributed by atoms with Crippen LogP contribution in [-0.2, 0) is 11.3 Å². The Kier molecular flexibility index (Phi) is 5.50. The Bertz CT molecular complexity index is 702. The van der Waals surface area contributed by atoms with Gasteiger partial charge in [-0.25, -0.2) is 0 Å². The molecule has 6 nitrogen and oxygen atoms in total. The van der Waals surface area contributed by atoms with Crippen molar-refractivity contribution in [3.63, 3.8) is 0 Å². The number of hydrogen-bond donors (Lipinski definition) is 1. The quantitative estimate of drug-likeness (QED) is 0.898. The topological polar surface area (TPSA) is 65.8 Å². The van der Waals surface area contributed by atoms with E-state index >= 15 is 0 Å². The molecule has 1 saturated heterocycles. The van der Waals surface area contributed by atoms with Crippen LogP contribution in [0.3, 0.4) is 0 Å². The van der Waals surface area contributed by atoms with Crippen molar-refractivity contribution < 1.29 is 14.0 Å². The smallest absolute Gasteiger partial charge is 0.289 e. The second-order valence-corrected chi connectivity index (χ2v) is 6.31. The van der Waals surface area contributed by atoms with Gasteiger partial charge in [0.25, 0.3) is 5.91 Å². The fraction of sp³-hybridized carbons (Fsp3) is 0.368. The predicted molar refractivity (Wildman–Crippen MR) is 94.1 cm³/mol. The van der Waals surface area contributed by atoms with Gasteiger partial charge in [-0.3, -0.25) is 14.5 Å². The van der Waals surface area contributed by atoms with Crippen LogP contribution in [0.1, 0.15) is 21.7 Å². The van der Waals surface area contributed by atoms with Gasteiger partial charge < -0.3 is 14.6 Å². The summed E-state index contributed by atoms with van der Waals surface area (Å²) in [4.78, 5) is 28.1. The number of nitrogens with one attached hydrogen (secondary N) is 1. The van der Waals surface area contributed by atoms with E-state index in [9.17, 15) is 9.59 Å². The maximum Gasteiger partial charge on any atom is 0.289 e. The van der Waals surface area contributed by atoms with Gasteiger partial charge in [-0.15, -0.1) is 0 Å². The molecule has 1 aliphatic heterocycles. The summed E-state index contributed by atoms with van der Waals surface area (Å²) < 4.78 is 5.15. The zero-order valence-corrected chi connectivity index (χ0v) is 14.4. The third-order valence-electron chi connectivity index (χ3n) is 4.37. The summed E-state index contributed by atoms with van der Waals surface area (Å²) in [5.74, 6) is 0.282. The van der Waals surface area contributed by atoms with Gasteiger partial charge >= 0.3 is 0 Å². The summed E-state index contributed by atoms with van der Waals surface area (Å²) in [5.41, 5.74) is 2.30. The third-order valence-corrected chi connectivity index (χ3v) is 4.37. The summed E-state index contributed by atoms with van der Waals surface area (Å²) in [7, 11) is 0. The second kappa shape index (κ2) is 7.98. The van der Waals surface area contributed by atoms with E-state index in [1.807, 2.05) is 31.2 Å². The molecule has 0 radical (unpaired) electrons. The van der Waals surface area contributed by atoms with Gasteiger partial charge in [0.05, 0.1) is 12.8 Å². The molecule has 2 heterocycles. The number of carbonyl (C=O) groups is 2. The van der Waals surface area contributed by atoms with Crippen LogP contribution in [0.25, 0.3) is 0 Å². The molecule has 1 aliphatic rings. The van der Waals surface area contributed by atoms with Crippen LogP contribution in [0.15, 0.2) is 47.1 Å². The maximum absolute atomic E-state index is 12.2. The molecule has 0 aliphatic carbocycles. The monoisotopic (exact) mass is 341 g/mol.